The summed E-state index contributed by atoms with van der Waals surface area (Å²) in [7, 11) is 0. The number of fused-ring (bicyclic) bond motifs is 1. The van der Waals surface area contributed by atoms with Gasteiger partial charge in [-0.3, -0.25) is 9.20 Å². The van der Waals surface area contributed by atoms with Crippen molar-refractivity contribution in [2.24, 2.45) is 0 Å². The minimum atomic E-state index is -1.02. The summed E-state index contributed by atoms with van der Waals surface area (Å²) in [5.74, 6) is -1.02. The predicted octanol–water partition coefficient (Wildman–Crippen LogP) is 1.82. The molecule has 2 heterocycles. The van der Waals surface area contributed by atoms with E-state index in [9.17, 15) is 9.59 Å². The van der Waals surface area contributed by atoms with Gasteiger partial charge in [0.15, 0.2) is 0 Å². The average molecular weight is 274 g/mol. The van der Waals surface area contributed by atoms with Crippen LogP contribution in [0.3, 0.4) is 0 Å². The van der Waals surface area contributed by atoms with Crippen molar-refractivity contribution < 1.29 is 9.90 Å². The highest BCUT2D eigenvalue weighted by Gasteiger charge is 2.11. The van der Waals surface area contributed by atoms with Gasteiger partial charge in [0.1, 0.15) is 9.71 Å². The monoisotopic (exact) mass is 273 g/mol. The van der Waals surface area contributed by atoms with Crippen LogP contribution in [0.25, 0.3) is 4.83 Å². The van der Waals surface area contributed by atoms with Crippen molar-refractivity contribution in [3.63, 3.8) is 0 Å². The maximum Gasteiger partial charge on any atom is 0.347 e. The molecule has 0 saturated heterocycles. The molecule has 4 nitrogen and oxygen atoms in total. The lowest BCUT2D eigenvalue weighted by atomic mass is 10.5. The standard InChI is InChI=1S/C8H4BrNO3S/c9-4-1-2-6(11)10-3-5(8(12)13)14-7(4)10/h1-3H,(H,12,13). The molecule has 0 fully saturated rings. The zero-order valence-electron chi connectivity index (χ0n) is 6.73. The Morgan fingerprint density at radius 3 is 2.79 bits per heavy atom. The van der Waals surface area contributed by atoms with Crippen molar-refractivity contribution in [3.8, 4) is 0 Å². The summed E-state index contributed by atoms with van der Waals surface area (Å²) in [4.78, 5) is 22.7. The molecule has 14 heavy (non-hydrogen) atoms. The molecule has 0 aliphatic rings. The summed E-state index contributed by atoms with van der Waals surface area (Å²) < 4.78 is 2.03. The number of nitrogens with zero attached hydrogens (tertiary/aromatic N) is 1. The topological polar surface area (TPSA) is 58.8 Å². The molecule has 72 valence electrons. The van der Waals surface area contributed by atoms with Gasteiger partial charge >= 0.3 is 5.97 Å². The number of hydrogen-bond donors (Lipinski definition) is 1. The Labute approximate surface area is 90.6 Å². The molecule has 0 bridgehead atoms. The van der Waals surface area contributed by atoms with Gasteiger partial charge in [0.2, 0.25) is 0 Å². The number of carboxylic acids is 1. The summed E-state index contributed by atoms with van der Waals surface area (Å²) in [6, 6.07) is 3.00. The van der Waals surface area contributed by atoms with Crippen LogP contribution in [0.4, 0.5) is 0 Å². The van der Waals surface area contributed by atoms with E-state index in [2.05, 4.69) is 15.9 Å². The average Bonchev–Trinajstić information content (AvgIpc) is 2.57. The van der Waals surface area contributed by atoms with E-state index in [4.69, 9.17) is 5.11 Å². The summed E-state index contributed by atoms with van der Waals surface area (Å²) >= 11 is 4.31. The molecule has 0 saturated carbocycles. The third-order valence-electron chi connectivity index (χ3n) is 1.70. The zero-order chi connectivity index (χ0) is 10.3. The van der Waals surface area contributed by atoms with Crippen LogP contribution in [0.1, 0.15) is 9.67 Å². The highest BCUT2D eigenvalue weighted by atomic mass is 79.9. The van der Waals surface area contributed by atoms with Crippen LogP contribution in [-0.4, -0.2) is 15.5 Å². The van der Waals surface area contributed by atoms with E-state index in [0.29, 0.717) is 4.83 Å². The lowest BCUT2D eigenvalue weighted by molar-refractivity contribution is 0.0702. The number of aromatic carboxylic acids is 1. The molecule has 0 spiro atoms. The van der Waals surface area contributed by atoms with Crippen molar-refractivity contribution in [1.29, 1.82) is 0 Å². The van der Waals surface area contributed by atoms with Gasteiger partial charge < -0.3 is 5.11 Å². The maximum absolute atomic E-state index is 11.3. The first-order valence-electron chi connectivity index (χ1n) is 3.63. The molecule has 0 aliphatic carbocycles. The Hall–Kier alpha value is -1.14. The smallest absolute Gasteiger partial charge is 0.347 e. The number of carboxylic acid groups (broad SMARTS) is 1. The normalized spacial score (nSPS) is 10.6. The first kappa shape index (κ1) is 9.42. The second kappa shape index (κ2) is 3.21. The van der Waals surface area contributed by atoms with Crippen LogP contribution in [0.5, 0.6) is 0 Å². The summed E-state index contributed by atoms with van der Waals surface area (Å²) in [5, 5.41) is 8.75. The van der Waals surface area contributed by atoms with Crippen LogP contribution >= 0.6 is 27.3 Å². The quantitative estimate of drug-likeness (QED) is 0.862. The molecular formula is C8H4BrNO3S. The van der Waals surface area contributed by atoms with Crippen molar-refractivity contribution in [2.45, 2.75) is 0 Å². The third-order valence-corrected chi connectivity index (χ3v) is 3.71. The second-order valence-corrected chi connectivity index (χ2v) is 4.48. The van der Waals surface area contributed by atoms with Gasteiger partial charge in [-0.05, 0) is 22.0 Å². The predicted molar refractivity (Wildman–Crippen MR) is 56.2 cm³/mol. The Kier molecular flexibility index (Phi) is 2.16. The van der Waals surface area contributed by atoms with Crippen molar-refractivity contribution in [1.82, 2.24) is 4.40 Å². The van der Waals surface area contributed by atoms with Crippen molar-refractivity contribution >= 4 is 38.1 Å². The van der Waals surface area contributed by atoms with E-state index in [1.807, 2.05) is 0 Å². The number of carbonyl (C=O) groups is 1. The number of rotatable bonds is 1. The van der Waals surface area contributed by atoms with E-state index in [1.165, 1.54) is 16.7 Å². The lowest BCUT2D eigenvalue weighted by Crippen LogP contribution is -2.09. The summed E-state index contributed by atoms with van der Waals surface area (Å²) in [5.41, 5.74) is -0.230. The first-order valence-corrected chi connectivity index (χ1v) is 5.24. The van der Waals surface area contributed by atoms with Gasteiger partial charge in [-0.2, -0.15) is 0 Å². The number of hydrogen-bond acceptors (Lipinski definition) is 3. The minimum absolute atomic E-state index is 0.147. The van der Waals surface area contributed by atoms with Crippen LogP contribution in [-0.2, 0) is 0 Å². The SMILES string of the molecule is O=C(O)c1cn2c(=O)ccc(Br)c2s1. The van der Waals surface area contributed by atoms with Gasteiger partial charge in [-0.1, -0.05) is 0 Å². The van der Waals surface area contributed by atoms with Crippen LogP contribution in [0.2, 0.25) is 0 Å². The molecular weight excluding hydrogens is 270 g/mol. The van der Waals surface area contributed by atoms with E-state index in [0.717, 1.165) is 15.8 Å². The molecule has 0 amide bonds. The Morgan fingerprint density at radius 2 is 2.21 bits per heavy atom. The fourth-order valence-electron chi connectivity index (χ4n) is 1.08. The Bertz CT molecular complexity index is 571. The highest BCUT2D eigenvalue weighted by molar-refractivity contribution is 9.10. The first-order chi connectivity index (χ1) is 6.59. The number of pyridine rings is 1. The van der Waals surface area contributed by atoms with Gasteiger partial charge in [-0.25, -0.2) is 4.79 Å². The summed E-state index contributed by atoms with van der Waals surface area (Å²) in [6.45, 7) is 0. The fourth-order valence-corrected chi connectivity index (χ4v) is 2.50. The van der Waals surface area contributed by atoms with Gasteiger partial charge in [0.25, 0.3) is 5.56 Å². The van der Waals surface area contributed by atoms with E-state index >= 15 is 0 Å². The molecule has 2 aromatic rings. The molecule has 1 N–H and O–H groups in total. The van der Waals surface area contributed by atoms with Crippen LogP contribution in [0.15, 0.2) is 27.6 Å². The van der Waals surface area contributed by atoms with Gasteiger partial charge in [0.05, 0.1) is 4.47 Å². The number of thiazole rings is 1. The number of aromatic nitrogens is 1. The maximum atomic E-state index is 11.3. The van der Waals surface area contributed by atoms with Gasteiger partial charge in [0, 0.05) is 12.3 Å². The fraction of sp³-hybridized carbons (Fsp3) is 0. The Morgan fingerprint density at radius 1 is 1.50 bits per heavy atom. The zero-order valence-corrected chi connectivity index (χ0v) is 9.13. The second-order valence-electron chi connectivity index (χ2n) is 2.60. The van der Waals surface area contributed by atoms with Crippen molar-refractivity contribution in [2.75, 3.05) is 0 Å². The molecule has 6 heteroatoms. The lowest BCUT2D eigenvalue weighted by Gasteiger charge is -1.92. The molecule has 0 aromatic carbocycles. The Balaban J connectivity index is 2.89. The minimum Gasteiger partial charge on any atom is -0.477 e. The molecule has 0 atom stereocenters. The van der Waals surface area contributed by atoms with Gasteiger partial charge in [-0.15, -0.1) is 11.3 Å². The molecule has 2 rings (SSSR count). The van der Waals surface area contributed by atoms with Crippen molar-refractivity contribution in [3.05, 3.63) is 38.0 Å². The van der Waals surface area contributed by atoms with Crippen LogP contribution in [0, 0.1) is 0 Å². The largest absolute Gasteiger partial charge is 0.477 e. The van der Waals surface area contributed by atoms with E-state index in [1.54, 1.807) is 6.07 Å². The highest BCUT2D eigenvalue weighted by Crippen LogP contribution is 2.23. The number of halogens is 1. The molecule has 0 unspecified atom stereocenters. The van der Waals surface area contributed by atoms with E-state index < -0.39 is 5.97 Å². The van der Waals surface area contributed by atoms with E-state index in [-0.39, 0.29) is 10.4 Å². The molecule has 0 aliphatic heterocycles. The summed E-state index contributed by atoms with van der Waals surface area (Å²) in [6.07, 6.45) is 1.33. The molecule has 2 aromatic heterocycles. The van der Waals surface area contributed by atoms with Crippen LogP contribution < -0.4 is 5.56 Å². The third kappa shape index (κ3) is 1.36. The molecule has 0 radical (unpaired) electrons.